The van der Waals surface area contributed by atoms with Gasteiger partial charge in [-0.15, -0.1) is 0 Å². The number of carboxylic acid groups (broad SMARTS) is 1. The SMILES string of the molecule is CCCCOc1ccc(C=O)cc1.NCCCCC(N)C(=O)O.NCCc1ccccc1. The van der Waals surface area contributed by atoms with Crippen LogP contribution in [0.2, 0.25) is 0 Å². The van der Waals surface area contributed by atoms with Gasteiger partial charge in [0.15, 0.2) is 0 Å². The zero-order valence-corrected chi connectivity index (χ0v) is 19.1. The molecule has 0 aromatic heterocycles. The van der Waals surface area contributed by atoms with Gasteiger partial charge in [0.2, 0.25) is 0 Å². The third-order valence-electron chi connectivity index (χ3n) is 4.35. The molecule has 0 radical (unpaired) electrons. The largest absolute Gasteiger partial charge is 0.494 e. The first-order valence-corrected chi connectivity index (χ1v) is 11.1. The lowest BCUT2D eigenvalue weighted by atomic mass is 10.1. The van der Waals surface area contributed by atoms with E-state index >= 15 is 0 Å². The molecular formula is C25H39N3O4. The number of rotatable bonds is 12. The molecule has 0 aliphatic carbocycles. The molecule has 2 rings (SSSR count). The van der Waals surface area contributed by atoms with Crippen LogP contribution < -0.4 is 21.9 Å². The van der Waals surface area contributed by atoms with E-state index in [0.29, 0.717) is 18.5 Å². The topological polar surface area (TPSA) is 142 Å². The van der Waals surface area contributed by atoms with E-state index < -0.39 is 12.0 Å². The Balaban J connectivity index is 0.000000460. The number of nitrogens with two attached hydrogens (primary N) is 3. The highest BCUT2D eigenvalue weighted by atomic mass is 16.5. The van der Waals surface area contributed by atoms with E-state index in [2.05, 4.69) is 19.1 Å². The first kappa shape index (κ1) is 29.3. The van der Waals surface area contributed by atoms with Crippen LogP contribution in [0, 0.1) is 0 Å². The van der Waals surface area contributed by atoms with Crippen molar-refractivity contribution in [1.29, 1.82) is 0 Å². The Morgan fingerprint density at radius 1 is 1.00 bits per heavy atom. The molecule has 1 atom stereocenters. The van der Waals surface area contributed by atoms with Gasteiger partial charge >= 0.3 is 5.97 Å². The normalized spacial score (nSPS) is 10.6. The highest BCUT2D eigenvalue weighted by molar-refractivity contribution is 5.74. The van der Waals surface area contributed by atoms with E-state index in [0.717, 1.165) is 57.3 Å². The maximum atomic E-state index is 10.3. The fraction of sp³-hybridized carbons (Fsp3) is 0.440. The molecule has 1 unspecified atom stereocenters. The van der Waals surface area contributed by atoms with Crippen molar-refractivity contribution in [2.24, 2.45) is 17.2 Å². The molecule has 0 heterocycles. The zero-order valence-electron chi connectivity index (χ0n) is 19.1. The molecule has 32 heavy (non-hydrogen) atoms. The first-order valence-electron chi connectivity index (χ1n) is 11.1. The predicted octanol–water partition coefficient (Wildman–Crippen LogP) is 3.39. The molecule has 0 saturated carbocycles. The number of aldehydes is 1. The summed E-state index contributed by atoms with van der Waals surface area (Å²) in [6.07, 6.45) is 6.18. The fourth-order valence-electron chi connectivity index (χ4n) is 2.42. The Morgan fingerprint density at radius 3 is 2.16 bits per heavy atom. The monoisotopic (exact) mass is 445 g/mol. The van der Waals surface area contributed by atoms with Gasteiger partial charge in [0.1, 0.15) is 18.1 Å². The van der Waals surface area contributed by atoms with Gasteiger partial charge < -0.3 is 27.0 Å². The fourth-order valence-corrected chi connectivity index (χ4v) is 2.42. The van der Waals surface area contributed by atoms with Crippen LogP contribution in [0.5, 0.6) is 5.75 Å². The molecule has 178 valence electrons. The molecule has 0 saturated heterocycles. The molecule has 0 aliphatic heterocycles. The predicted molar refractivity (Wildman–Crippen MR) is 130 cm³/mol. The van der Waals surface area contributed by atoms with E-state index in [4.69, 9.17) is 27.0 Å². The number of ether oxygens (including phenoxy) is 1. The Kier molecular flexibility index (Phi) is 18.5. The van der Waals surface area contributed by atoms with Crippen LogP contribution in [-0.2, 0) is 11.2 Å². The standard InChI is InChI=1S/C11H14O2.C8H11N.C6H14N2O2/c1-2-3-8-13-11-6-4-10(9-12)5-7-11;9-7-6-8-4-2-1-3-5-8;7-4-2-1-3-5(8)6(9)10/h4-7,9H,2-3,8H2,1H3;1-5H,6-7,9H2;5H,1-4,7-8H2,(H,9,10). The highest BCUT2D eigenvalue weighted by Gasteiger charge is 2.09. The number of benzene rings is 2. The van der Waals surface area contributed by atoms with Crippen molar-refractivity contribution in [2.75, 3.05) is 19.7 Å². The maximum Gasteiger partial charge on any atom is 0.320 e. The van der Waals surface area contributed by atoms with Crippen molar-refractivity contribution in [2.45, 2.75) is 51.5 Å². The quantitative estimate of drug-likeness (QED) is 0.290. The summed E-state index contributed by atoms with van der Waals surface area (Å²) in [5.41, 5.74) is 17.8. The van der Waals surface area contributed by atoms with Crippen LogP contribution in [0.3, 0.4) is 0 Å². The van der Waals surface area contributed by atoms with Crippen LogP contribution in [-0.4, -0.2) is 43.1 Å². The summed E-state index contributed by atoms with van der Waals surface area (Å²) >= 11 is 0. The van der Waals surface area contributed by atoms with Gasteiger partial charge in [0.05, 0.1) is 6.61 Å². The summed E-state index contributed by atoms with van der Waals surface area (Å²) in [4.78, 5) is 20.5. The Bertz CT molecular complexity index is 709. The van der Waals surface area contributed by atoms with Gasteiger partial charge in [-0.25, -0.2) is 0 Å². The van der Waals surface area contributed by atoms with E-state index in [1.54, 1.807) is 12.1 Å². The van der Waals surface area contributed by atoms with Crippen LogP contribution in [0.25, 0.3) is 0 Å². The lowest BCUT2D eigenvalue weighted by Gasteiger charge is -2.04. The maximum absolute atomic E-state index is 10.3. The molecule has 0 spiro atoms. The molecule has 2 aromatic carbocycles. The second kappa shape index (κ2) is 20.2. The van der Waals surface area contributed by atoms with E-state index in [-0.39, 0.29) is 0 Å². The second-order valence-electron chi connectivity index (χ2n) is 7.14. The van der Waals surface area contributed by atoms with Crippen molar-refractivity contribution in [1.82, 2.24) is 0 Å². The Morgan fingerprint density at radius 2 is 1.66 bits per heavy atom. The number of carboxylic acids is 1. The Labute approximate surface area is 191 Å². The summed E-state index contributed by atoms with van der Waals surface area (Å²) < 4.78 is 5.43. The molecule has 7 N–H and O–H groups in total. The average molecular weight is 446 g/mol. The summed E-state index contributed by atoms with van der Waals surface area (Å²) in [7, 11) is 0. The third kappa shape index (κ3) is 16.0. The van der Waals surface area contributed by atoms with Crippen molar-refractivity contribution >= 4 is 12.3 Å². The molecule has 2 aromatic rings. The smallest absolute Gasteiger partial charge is 0.320 e. The van der Waals surface area contributed by atoms with Gasteiger partial charge in [-0.1, -0.05) is 50.1 Å². The number of carbonyl (C=O) groups excluding carboxylic acids is 1. The van der Waals surface area contributed by atoms with Gasteiger partial charge in [-0.05, 0) is 68.6 Å². The number of hydrogen-bond acceptors (Lipinski definition) is 6. The summed E-state index contributed by atoms with van der Waals surface area (Å²) in [5, 5.41) is 8.33. The zero-order chi connectivity index (χ0) is 24.0. The molecular weight excluding hydrogens is 406 g/mol. The van der Waals surface area contributed by atoms with Gasteiger partial charge in [0.25, 0.3) is 0 Å². The molecule has 7 nitrogen and oxygen atoms in total. The number of unbranched alkanes of at least 4 members (excludes halogenated alkanes) is 2. The van der Waals surface area contributed by atoms with Gasteiger partial charge in [-0.2, -0.15) is 0 Å². The molecule has 0 bridgehead atoms. The van der Waals surface area contributed by atoms with Gasteiger partial charge in [-0.3, -0.25) is 9.59 Å². The number of hydrogen-bond donors (Lipinski definition) is 4. The van der Waals surface area contributed by atoms with Gasteiger partial charge in [0, 0.05) is 5.56 Å². The van der Waals surface area contributed by atoms with E-state index in [1.165, 1.54) is 5.56 Å². The lowest BCUT2D eigenvalue weighted by Crippen LogP contribution is -2.29. The van der Waals surface area contributed by atoms with Crippen molar-refractivity contribution in [3.8, 4) is 5.75 Å². The minimum absolute atomic E-state index is 0.520. The number of carbonyl (C=O) groups is 2. The molecule has 7 heteroatoms. The van der Waals surface area contributed by atoms with Crippen LogP contribution in [0.15, 0.2) is 54.6 Å². The summed E-state index contributed by atoms with van der Waals surface area (Å²) in [6, 6.07) is 16.7. The van der Waals surface area contributed by atoms with Crippen LogP contribution in [0.4, 0.5) is 0 Å². The lowest BCUT2D eigenvalue weighted by molar-refractivity contribution is -0.138. The third-order valence-corrected chi connectivity index (χ3v) is 4.35. The van der Waals surface area contributed by atoms with Crippen LogP contribution >= 0.6 is 0 Å². The second-order valence-corrected chi connectivity index (χ2v) is 7.14. The van der Waals surface area contributed by atoms with Crippen LogP contribution in [0.1, 0.15) is 54.9 Å². The van der Waals surface area contributed by atoms with Crippen molar-refractivity contribution in [3.05, 3.63) is 65.7 Å². The molecule has 0 amide bonds. The minimum atomic E-state index is -0.933. The highest BCUT2D eigenvalue weighted by Crippen LogP contribution is 2.11. The first-order chi connectivity index (χ1) is 15.5. The Hall–Kier alpha value is -2.74. The minimum Gasteiger partial charge on any atom is -0.494 e. The molecule has 0 aliphatic rings. The van der Waals surface area contributed by atoms with Crippen molar-refractivity contribution < 1.29 is 19.4 Å². The summed E-state index contributed by atoms with van der Waals surface area (Å²) in [5.74, 6) is -0.101. The molecule has 0 fully saturated rings. The summed E-state index contributed by atoms with van der Waals surface area (Å²) in [6.45, 7) is 4.21. The van der Waals surface area contributed by atoms with Crippen molar-refractivity contribution in [3.63, 3.8) is 0 Å². The number of aliphatic carboxylic acids is 1. The van der Waals surface area contributed by atoms with E-state index in [9.17, 15) is 9.59 Å². The average Bonchev–Trinajstić information content (AvgIpc) is 2.81. The van der Waals surface area contributed by atoms with E-state index in [1.807, 2.05) is 30.3 Å².